The normalized spacial score (nSPS) is 16.7. The van der Waals surface area contributed by atoms with Crippen LogP contribution in [-0.2, 0) is 11.3 Å². The number of hydrogen-bond donors (Lipinski definition) is 1. The van der Waals surface area contributed by atoms with Crippen LogP contribution in [-0.4, -0.2) is 55.4 Å². The minimum atomic E-state index is -0.460. The number of benzene rings is 2. The number of aliphatic hydroxyl groups excluding tert-OH is 1. The van der Waals surface area contributed by atoms with Crippen molar-refractivity contribution in [2.75, 3.05) is 44.2 Å². The van der Waals surface area contributed by atoms with Crippen molar-refractivity contribution in [1.29, 1.82) is 0 Å². The lowest BCUT2D eigenvalue weighted by molar-refractivity contribution is 0.00914. The van der Waals surface area contributed by atoms with E-state index in [2.05, 4.69) is 22.8 Å². The molecule has 1 N–H and O–H groups in total. The van der Waals surface area contributed by atoms with E-state index in [1.807, 2.05) is 42.5 Å². The second-order valence-corrected chi connectivity index (χ2v) is 7.31. The highest BCUT2D eigenvalue weighted by molar-refractivity contribution is 6.30. The van der Waals surface area contributed by atoms with Crippen LogP contribution in [0.25, 0.3) is 0 Å². The molecule has 1 aliphatic heterocycles. The first-order valence-corrected chi connectivity index (χ1v) is 9.53. The number of aryl methyl sites for hydroxylation is 1. The molecular weight excluding hydrogens is 348 g/mol. The van der Waals surface area contributed by atoms with Crippen molar-refractivity contribution >= 4 is 17.3 Å². The monoisotopic (exact) mass is 374 g/mol. The van der Waals surface area contributed by atoms with Crippen molar-refractivity contribution in [3.05, 3.63) is 64.7 Å². The molecule has 1 heterocycles. The van der Waals surface area contributed by atoms with E-state index in [0.717, 1.165) is 36.8 Å². The van der Waals surface area contributed by atoms with E-state index in [9.17, 15) is 5.11 Å². The Morgan fingerprint density at radius 1 is 1.08 bits per heavy atom. The summed E-state index contributed by atoms with van der Waals surface area (Å²) in [5.74, 6) is 0. The van der Waals surface area contributed by atoms with Crippen molar-refractivity contribution in [3.8, 4) is 0 Å². The molecule has 1 aliphatic rings. The zero-order chi connectivity index (χ0) is 18.4. The Hall–Kier alpha value is -1.59. The Morgan fingerprint density at radius 3 is 2.54 bits per heavy atom. The minimum absolute atomic E-state index is 0.364. The van der Waals surface area contributed by atoms with Gasteiger partial charge in [-0.05, 0) is 30.2 Å². The van der Waals surface area contributed by atoms with Crippen LogP contribution in [0.2, 0.25) is 5.02 Å². The van der Waals surface area contributed by atoms with Gasteiger partial charge in [-0.1, -0.05) is 48.0 Å². The van der Waals surface area contributed by atoms with Gasteiger partial charge in [0.15, 0.2) is 0 Å². The van der Waals surface area contributed by atoms with Gasteiger partial charge in [0, 0.05) is 43.4 Å². The Labute approximate surface area is 160 Å². The summed E-state index contributed by atoms with van der Waals surface area (Å²) in [5, 5.41) is 11.0. The fourth-order valence-corrected chi connectivity index (χ4v) is 3.50. The van der Waals surface area contributed by atoms with Gasteiger partial charge >= 0.3 is 0 Å². The van der Waals surface area contributed by atoms with E-state index in [1.54, 1.807) is 0 Å². The van der Waals surface area contributed by atoms with E-state index in [4.69, 9.17) is 16.3 Å². The molecule has 0 aromatic heterocycles. The number of halogens is 1. The third-order valence-electron chi connectivity index (χ3n) is 4.77. The van der Waals surface area contributed by atoms with Crippen LogP contribution in [0.3, 0.4) is 0 Å². The van der Waals surface area contributed by atoms with E-state index >= 15 is 0 Å². The van der Waals surface area contributed by atoms with Crippen LogP contribution >= 0.6 is 11.6 Å². The summed E-state index contributed by atoms with van der Waals surface area (Å²) >= 11 is 6.14. The number of β-amino-alcohol motifs (C(OH)–C–C–N with tert-alkyl or cyclic N) is 1. The topological polar surface area (TPSA) is 35.9 Å². The molecule has 1 atom stereocenters. The Morgan fingerprint density at radius 2 is 1.81 bits per heavy atom. The van der Waals surface area contributed by atoms with Gasteiger partial charge in [0.25, 0.3) is 0 Å². The first-order chi connectivity index (χ1) is 12.6. The molecule has 0 saturated carbocycles. The van der Waals surface area contributed by atoms with Crippen molar-refractivity contribution < 1.29 is 9.84 Å². The van der Waals surface area contributed by atoms with Crippen molar-refractivity contribution in [2.24, 2.45) is 0 Å². The molecule has 0 aliphatic carbocycles. The quantitative estimate of drug-likeness (QED) is 0.806. The number of nitrogens with zero attached hydrogens (tertiary/aromatic N) is 2. The Balaban J connectivity index is 1.40. The Bertz CT molecular complexity index is 688. The SMILES string of the molecule is Cc1ccc(Cl)cc1N1CCN(C[C@H](O)COCc2ccccc2)CC1. The van der Waals surface area contributed by atoms with Crippen LogP contribution in [0, 0.1) is 6.92 Å². The molecule has 26 heavy (non-hydrogen) atoms. The maximum absolute atomic E-state index is 10.2. The minimum Gasteiger partial charge on any atom is -0.389 e. The number of piperazine rings is 1. The van der Waals surface area contributed by atoms with Gasteiger partial charge in [0.1, 0.15) is 0 Å². The molecule has 3 rings (SSSR count). The maximum atomic E-state index is 10.2. The van der Waals surface area contributed by atoms with Gasteiger partial charge in [-0.2, -0.15) is 0 Å². The molecule has 0 spiro atoms. The standard InChI is InChI=1S/C21H27ClN2O2/c1-17-7-8-19(22)13-21(17)24-11-9-23(10-12-24)14-20(25)16-26-15-18-5-3-2-4-6-18/h2-8,13,20,25H,9-12,14-16H2,1H3/t20-/m0/s1. The lowest BCUT2D eigenvalue weighted by Crippen LogP contribution is -2.49. The smallest absolute Gasteiger partial charge is 0.0900 e. The molecule has 0 bridgehead atoms. The van der Waals surface area contributed by atoms with Crippen LogP contribution in [0.1, 0.15) is 11.1 Å². The summed E-state index contributed by atoms with van der Waals surface area (Å²) in [6.07, 6.45) is -0.460. The van der Waals surface area contributed by atoms with Gasteiger partial charge in [-0.25, -0.2) is 0 Å². The lowest BCUT2D eigenvalue weighted by atomic mass is 10.1. The van der Waals surface area contributed by atoms with E-state index in [1.165, 1.54) is 11.3 Å². The highest BCUT2D eigenvalue weighted by Crippen LogP contribution is 2.25. The maximum Gasteiger partial charge on any atom is 0.0900 e. The summed E-state index contributed by atoms with van der Waals surface area (Å²) in [6.45, 7) is 7.42. The summed E-state index contributed by atoms with van der Waals surface area (Å²) in [4.78, 5) is 4.67. The second-order valence-electron chi connectivity index (χ2n) is 6.87. The molecule has 5 heteroatoms. The first-order valence-electron chi connectivity index (χ1n) is 9.15. The Kier molecular flexibility index (Phi) is 6.92. The third-order valence-corrected chi connectivity index (χ3v) is 5.01. The number of aliphatic hydroxyl groups is 1. The van der Waals surface area contributed by atoms with Crippen LogP contribution in [0.4, 0.5) is 5.69 Å². The third kappa shape index (κ3) is 5.45. The fourth-order valence-electron chi connectivity index (χ4n) is 3.33. The molecule has 2 aromatic rings. The van der Waals surface area contributed by atoms with Crippen LogP contribution in [0.15, 0.2) is 48.5 Å². The zero-order valence-electron chi connectivity index (χ0n) is 15.3. The summed E-state index contributed by atoms with van der Waals surface area (Å²) in [6, 6.07) is 16.1. The fraction of sp³-hybridized carbons (Fsp3) is 0.429. The van der Waals surface area contributed by atoms with Gasteiger partial charge in [-0.15, -0.1) is 0 Å². The first kappa shape index (κ1) is 19.2. The molecule has 0 amide bonds. The zero-order valence-corrected chi connectivity index (χ0v) is 16.0. The predicted octanol–water partition coefficient (Wildman–Crippen LogP) is 3.35. The van der Waals surface area contributed by atoms with Crippen molar-refractivity contribution in [2.45, 2.75) is 19.6 Å². The van der Waals surface area contributed by atoms with Crippen LogP contribution < -0.4 is 4.90 Å². The molecule has 0 unspecified atom stereocenters. The van der Waals surface area contributed by atoms with Crippen molar-refractivity contribution in [1.82, 2.24) is 4.90 Å². The van der Waals surface area contributed by atoms with Crippen LogP contribution in [0.5, 0.6) is 0 Å². The summed E-state index contributed by atoms with van der Waals surface area (Å²) in [7, 11) is 0. The van der Waals surface area contributed by atoms with Crippen molar-refractivity contribution in [3.63, 3.8) is 0 Å². The number of anilines is 1. The highest BCUT2D eigenvalue weighted by Gasteiger charge is 2.20. The second kappa shape index (κ2) is 9.38. The van der Waals surface area contributed by atoms with Gasteiger partial charge < -0.3 is 14.7 Å². The van der Waals surface area contributed by atoms with Gasteiger partial charge in [0.2, 0.25) is 0 Å². The van der Waals surface area contributed by atoms with Gasteiger partial charge in [-0.3, -0.25) is 4.90 Å². The lowest BCUT2D eigenvalue weighted by Gasteiger charge is -2.37. The van der Waals surface area contributed by atoms with E-state index in [0.29, 0.717) is 19.8 Å². The molecule has 140 valence electrons. The summed E-state index contributed by atoms with van der Waals surface area (Å²) < 4.78 is 5.64. The van der Waals surface area contributed by atoms with Gasteiger partial charge in [0.05, 0.1) is 19.3 Å². The number of ether oxygens (including phenoxy) is 1. The summed E-state index contributed by atoms with van der Waals surface area (Å²) in [5.41, 5.74) is 3.59. The van der Waals surface area contributed by atoms with E-state index in [-0.39, 0.29) is 0 Å². The molecule has 2 aromatic carbocycles. The predicted molar refractivity (Wildman–Crippen MR) is 107 cm³/mol. The molecular formula is C21H27ClN2O2. The highest BCUT2D eigenvalue weighted by atomic mass is 35.5. The molecule has 1 fully saturated rings. The molecule has 1 saturated heterocycles. The molecule has 4 nitrogen and oxygen atoms in total. The molecule has 0 radical (unpaired) electrons. The van der Waals surface area contributed by atoms with E-state index < -0.39 is 6.10 Å². The number of hydrogen-bond acceptors (Lipinski definition) is 4. The largest absolute Gasteiger partial charge is 0.389 e. The average molecular weight is 375 g/mol. The average Bonchev–Trinajstić information content (AvgIpc) is 2.65. The number of rotatable bonds is 7.